The van der Waals surface area contributed by atoms with Crippen molar-refractivity contribution in [3.63, 3.8) is 0 Å². The van der Waals surface area contributed by atoms with Crippen molar-refractivity contribution in [1.82, 2.24) is 10.6 Å². The van der Waals surface area contributed by atoms with Gasteiger partial charge < -0.3 is 10.6 Å². The van der Waals surface area contributed by atoms with Crippen molar-refractivity contribution in [2.45, 2.75) is 12.5 Å². The first-order chi connectivity index (χ1) is 11.2. The third kappa shape index (κ3) is 5.42. The third-order valence-electron chi connectivity index (χ3n) is 3.35. The smallest absolute Gasteiger partial charge is 0.251 e. The Labute approximate surface area is 140 Å². The molecule has 23 heavy (non-hydrogen) atoms. The van der Waals surface area contributed by atoms with Gasteiger partial charge in [-0.15, -0.1) is 11.6 Å². The molecule has 0 spiro atoms. The minimum absolute atomic E-state index is 0.145. The van der Waals surface area contributed by atoms with Gasteiger partial charge in [0.25, 0.3) is 5.91 Å². The van der Waals surface area contributed by atoms with Crippen molar-refractivity contribution in [1.29, 1.82) is 0 Å². The Morgan fingerprint density at radius 3 is 2.17 bits per heavy atom. The van der Waals surface area contributed by atoms with Crippen LogP contribution in [0, 0.1) is 0 Å². The molecule has 0 fully saturated rings. The van der Waals surface area contributed by atoms with Gasteiger partial charge in [-0.3, -0.25) is 9.59 Å². The van der Waals surface area contributed by atoms with Crippen molar-refractivity contribution in [2.75, 3.05) is 12.4 Å². The number of hydrogen-bond donors (Lipinski definition) is 2. The van der Waals surface area contributed by atoms with Gasteiger partial charge in [0.15, 0.2) is 0 Å². The number of rotatable bonds is 7. The van der Waals surface area contributed by atoms with Gasteiger partial charge in [0.1, 0.15) is 0 Å². The van der Waals surface area contributed by atoms with Crippen molar-refractivity contribution >= 4 is 23.4 Å². The molecule has 2 aromatic rings. The maximum atomic E-state index is 12.4. The predicted octanol–water partition coefficient (Wildman–Crippen LogP) is 2.90. The molecule has 2 rings (SSSR count). The van der Waals surface area contributed by atoms with Crippen molar-refractivity contribution in [3.05, 3.63) is 71.8 Å². The van der Waals surface area contributed by atoms with E-state index in [1.807, 2.05) is 36.4 Å². The van der Waals surface area contributed by atoms with Gasteiger partial charge in [0.05, 0.1) is 12.5 Å². The van der Waals surface area contributed by atoms with Crippen LogP contribution in [0.5, 0.6) is 0 Å². The molecule has 2 amide bonds. The average Bonchev–Trinajstić information content (AvgIpc) is 2.61. The van der Waals surface area contributed by atoms with E-state index < -0.39 is 0 Å². The molecule has 2 N–H and O–H groups in total. The summed E-state index contributed by atoms with van der Waals surface area (Å²) in [5.41, 5.74) is 1.45. The number of carbonyl (C=O) groups excluding carboxylic acids is 2. The molecular formula is C18H19ClN2O2. The number of halogens is 1. The van der Waals surface area contributed by atoms with E-state index in [0.29, 0.717) is 18.0 Å². The molecule has 4 nitrogen and oxygen atoms in total. The first kappa shape index (κ1) is 17.0. The molecule has 0 heterocycles. The summed E-state index contributed by atoms with van der Waals surface area (Å²) in [5, 5.41) is 5.65. The van der Waals surface area contributed by atoms with E-state index >= 15 is 0 Å². The monoisotopic (exact) mass is 330 g/mol. The van der Waals surface area contributed by atoms with Crippen LogP contribution in [-0.2, 0) is 4.79 Å². The zero-order valence-electron chi connectivity index (χ0n) is 12.7. The van der Waals surface area contributed by atoms with Crippen LogP contribution in [0.15, 0.2) is 60.7 Å². The van der Waals surface area contributed by atoms with Crippen LogP contribution in [0.4, 0.5) is 0 Å². The standard InChI is InChI=1S/C18H19ClN2O2/c19-11-12-20-17(22)13-16(14-7-3-1-4-8-14)21-18(23)15-9-5-2-6-10-15/h1-10,16H,11-13H2,(H,20,22)(H,21,23)/t16-/m0/s1. The first-order valence-corrected chi connectivity index (χ1v) is 7.97. The molecule has 0 saturated carbocycles. The summed E-state index contributed by atoms with van der Waals surface area (Å²) in [6, 6.07) is 18.0. The number of amides is 2. The molecule has 0 unspecified atom stereocenters. The quantitative estimate of drug-likeness (QED) is 0.767. The maximum absolute atomic E-state index is 12.4. The fraction of sp³-hybridized carbons (Fsp3) is 0.222. The third-order valence-corrected chi connectivity index (χ3v) is 3.54. The lowest BCUT2D eigenvalue weighted by atomic mass is 10.0. The second-order valence-electron chi connectivity index (χ2n) is 5.05. The van der Waals surface area contributed by atoms with Crippen LogP contribution in [0.1, 0.15) is 28.4 Å². The largest absolute Gasteiger partial charge is 0.355 e. The Hall–Kier alpha value is -2.33. The molecule has 0 aromatic heterocycles. The Balaban J connectivity index is 2.10. The molecule has 1 atom stereocenters. The Kier molecular flexibility index (Phi) is 6.63. The minimum Gasteiger partial charge on any atom is -0.355 e. The number of nitrogens with one attached hydrogen (secondary N) is 2. The highest BCUT2D eigenvalue weighted by Crippen LogP contribution is 2.17. The SMILES string of the molecule is O=C(C[C@H](NC(=O)c1ccccc1)c1ccccc1)NCCCl. The van der Waals surface area contributed by atoms with Crippen LogP contribution in [0.25, 0.3) is 0 Å². The Morgan fingerprint density at radius 1 is 0.957 bits per heavy atom. The highest BCUT2D eigenvalue weighted by molar-refractivity contribution is 6.18. The van der Waals surface area contributed by atoms with E-state index in [9.17, 15) is 9.59 Å². The van der Waals surface area contributed by atoms with Crippen LogP contribution in [-0.4, -0.2) is 24.2 Å². The summed E-state index contributed by atoms with van der Waals surface area (Å²) in [6.45, 7) is 0.411. The maximum Gasteiger partial charge on any atom is 0.251 e. The lowest BCUT2D eigenvalue weighted by Crippen LogP contribution is -2.34. The average molecular weight is 331 g/mol. The van der Waals surface area contributed by atoms with Gasteiger partial charge in [-0.05, 0) is 17.7 Å². The van der Waals surface area contributed by atoms with E-state index in [1.165, 1.54) is 0 Å². The predicted molar refractivity (Wildman–Crippen MR) is 91.4 cm³/mol. The van der Waals surface area contributed by atoms with Crippen molar-refractivity contribution in [3.8, 4) is 0 Å². The van der Waals surface area contributed by atoms with Crippen molar-refractivity contribution in [2.24, 2.45) is 0 Å². The molecule has 0 aliphatic rings. The van der Waals surface area contributed by atoms with E-state index in [2.05, 4.69) is 10.6 Å². The van der Waals surface area contributed by atoms with E-state index in [1.54, 1.807) is 24.3 Å². The fourth-order valence-electron chi connectivity index (χ4n) is 2.21. The van der Waals surface area contributed by atoms with E-state index in [4.69, 9.17) is 11.6 Å². The van der Waals surface area contributed by atoms with Gasteiger partial charge in [-0.1, -0.05) is 48.5 Å². The lowest BCUT2D eigenvalue weighted by Gasteiger charge is -2.19. The number of hydrogen-bond acceptors (Lipinski definition) is 2. The highest BCUT2D eigenvalue weighted by atomic mass is 35.5. The molecule has 0 bridgehead atoms. The fourth-order valence-corrected chi connectivity index (χ4v) is 2.31. The van der Waals surface area contributed by atoms with Crippen LogP contribution < -0.4 is 10.6 Å². The summed E-state index contributed by atoms with van der Waals surface area (Å²) in [7, 11) is 0. The summed E-state index contributed by atoms with van der Waals surface area (Å²) in [4.78, 5) is 24.3. The number of alkyl halides is 1. The molecule has 120 valence electrons. The zero-order valence-corrected chi connectivity index (χ0v) is 13.4. The number of benzene rings is 2. The van der Waals surface area contributed by atoms with E-state index in [-0.39, 0.29) is 24.3 Å². The normalized spacial score (nSPS) is 11.5. The molecular weight excluding hydrogens is 312 g/mol. The van der Waals surface area contributed by atoms with Gasteiger partial charge in [0.2, 0.25) is 5.91 Å². The second kappa shape index (κ2) is 8.96. The number of carbonyl (C=O) groups is 2. The lowest BCUT2D eigenvalue weighted by molar-refractivity contribution is -0.121. The molecule has 0 radical (unpaired) electrons. The summed E-state index contributed by atoms with van der Waals surface area (Å²) < 4.78 is 0. The first-order valence-electron chi connectivity index (χ1n) is 7.44. The molecule has 2 aromatic carbocycles. The highest BCUT2D eigenvalue weighted by Gasteiger charge is 2.18. The van der Waals surface area contributed by atoms with Gasteiger partial charge in [-0.2, -0.15) is 0 Å². The minimum atomic E-state index is -0.390. The zero-order chi connectivity index (χ0) is 16.5. The molecule has 0 saturated heterocycles. The van der Waals surface area contributed by atoms with Crippen LogP contribution >= 0.6 is 11.6 Å². The van der Waals surface area contributed by atoms with E-state index in [0.717, 1.165) is 5.56 Å². The Bertz CT molecular complexity index is 632. The Morgan fingerprint density at radius 2 is 1.57 bits per heavy atom. The summed E-state index contributed by atoms with van der Waals surface area (Å²) in [5.74, 6) is 0.00967. The summed E-state index contributed by atoms with van der Waals surface area (Å²) >= 11 is 5.58. The van der Waals surface area contributed by atoms with Crippen LogP contribution in [0.2, 0.25) is 0 Å². The summed E-state index contributed by atoms with van der Waals surface area (Å²) in [6.07, 6.45) is 0.166. The van der Waals surface area contributed by atoms with Gasteiger partial charge in [0, 0.05) is 18.0 Å². The molecule has 0 aliphatic heterocycles. The second-order valence-corrected chi connectivity index (χ2v) is 5.42. The van der Waals surface area contributed by atoms with Gasteiger partial charge in [-0.25, -0.2) is 0 Å². The van der Waals surface area contributed by atoms with Gasteiger partial charge >= 0.3 is 0 Å². The van der Waals surface area contributed by atoms with Crippen molar-refractivity contribution < 1.29 is 9.59 Å². The molecule has 0 aliphatic carbocycles. The van der Waals surface area contributed by atoms with Crippen LogP contribution in [0.3, 0.4) is 0 Å². The molecule has 5 heteroatoms. The topological polar surface area (TPSA) is 58.2 Å².